The zero-order valence-corrected chi connectivity index (χ0v) is 8.11. The van der Waals surface area contributed by atoms with Gasteiger partial charge in [0.1, 0.15) is 0 Å². The number of rotatable bonds is 2. The lowest BCUT2D eigenvalue weighted by atomic mass is 9.72. The van der Waals surface area contributed by atoms with Crippen molar-refractivity contribution in [3.8, 4) is 0 Å². The molecule has 0 saturated carbocycles. The molecular weight excluding hydrogens is 204 g/mol. The van der Waals surface area contributed by atoms with Gasteiger partial charge in [0, 0.05) is 24.6 Å². The Kier molecular flexibility index (Phi) is 2.58. The van der Waals surface area contributed by atoms with Crippen molar-refractivity contribution in [2.75, 3.05) is 18.0 Å². The maximum atomic E-state index is 12.5. The molecule has 1 aromatic rings. The monoisotopic (exact) mass is 215 g/mol. The van der Waals surface area contributed by atoms with Crippen molar-refractivity contribution >= 4 is 12.7 Å². The van der Waals surface area contributed by atoms with Gasteiger partial charge in [-0.05, 0) is 18.7 Å². The topological polar surface area (TPSA) is 16.1 Å². The summed E-state index contributed by atoms with van der Waals surface area (Å²) in [6.45, 7) is -4.12. The van der Waals surface area contributed by atoms with Crippen LogP contribution in [0.2, 0.25) is 5.82 Å². The van der Waals surface area contributed by atoms with Gasteiger partial charge < -0.3 is 17.8 Å². The highest BCUT2D eigenvalue weighted by Gasteiger charge is 2.39. The van der Waals surface area contributed by atoms with Crippen molar-refractivity contribution in [2.24, 2.45) is 0 Å². The lowest BCUT2D eigenvalue weighted by Crippen LogP contribution is -2.27. The van der Waals surface area contributed by atoms with Crippen molar-refractivity contribution in [1.29, 1.82) is 0 Å². The van der Waals surface area contributed by atoms with Crippen molar-refractivity contribution < 1.29 is 12.9 Å². The van der Waals surface area contributed by atoms with Gasteiger partial charge in [0.25, 0.3) is 0 Å². The number of hydrogen-bond donors (Lipinski definition) is 0. The van der Waals surface area contributed by atoms with Crippen LogP contribution in [-0.4, -0.2) is 25.1 Å². The fraction of sp³-hybridized carbons (Fsp3) is 0.444. The summed E-state index contributed by atoms with van der Waals surface area (Å²) >= 11 is 0. The summed E-state index contributed by atoms with van der Waals surface area (Å²) in [5, 5.41) is 0. The van der Waals surface area contributed by atoms with Crippen LogP contribution >= 0.6 is 0 Å². The molecule has 2 rings (SSSR count). The standard InChI is InChI=1S/C9H11BF3N2/c11-10(12,13)8-3-6-15(7-8)9-1-4-14-5-2-9/h1-2,4-5,8H,3,6-7H2/q-1. The van der Waals surface area contributed by atoms with Gasteiger partial charge in [-0.3, -0.25) is 4.98 Å². The van der Waals surface area contributed by atoms with E-state index in [0.717, 1.165) is 5.69 Å². The van der Waals surface area contributed by atoms with E-state index < -0.39 is 12.8 Å². The predicted molar refractivity (Wildman–Crippen MR) is 53.9 cm³/mol. The number of hydrogen-bond acceptors (Lipinski definition) is 2. The van der Waals surface area contributed by atoms with E-state index in [0.29, 0.717) is 6.54 Å². The summed E-state index contributed by atoms with van der Waals surface area (Å²) < 4.78 is 37.4. The normalized spacial score (nSPS) is 22.1. The molecule has 15 heavy (non-hydrogen) atoms. The molecule has 82 valence electrons. The van der Waals surface area contributed by atoms with Crippen LogP contribution in [0.4, 0.5) is 18.6 Å². The predicted octanol–water partition coefficient (Wildman–Crippen LogP) is 2.51. The minimum absolute atomic E-state index is 0.0908. The van der Waals surface area contributed by atoms with E-state index in [1.54, 1.807) is 29.4 Å². The van der Waals surface area contributed by atoms with E-state index in [1.807, 2.05) is 0 Å². The first-order valence-electron chi connectivity index (χ1n) is 4.92. The lowest BCUT2D eigenvalue weighted by molar-refractivity contribution is 0.439. The van der Waals surface area contributed by atoms with Gasteiger partial charge in [-0.1, -0.05) is 12.2 Å². The van der Waals surface area contributed by atoms with Crippen molar-refractivity contribution in [3.05, 3.63) is 24.5 Å². The van der Waals surface area contributed by atoms with Crippen molar-refractivity contribution in [2.45, 2.75) is 12.2 Å². The van der Waals surface area contributed by atoms with E-state index in [9.17, 15) is 12.9 Å². The van der Waals surface area contributed by atoms with Crippen LogP contribution in [0.3, 0.4) is 0 Å². The summed E-state index contributed by atoms with van der Waals surface area (Å²) in [5.41, 5.74) is 0.826. The average molecular weight is 215 g/mol. The second-order valence-corrected chi connectivity index (χ2v) is 3.83. The molecule has 1 fully saturated rings. The molecule has 1 aliphatic heterocycles. The SMILES string of the molecule is F[B-](F)(F)C1CCN(c2ccncc2)C1. The largest absolute Gasteiger partial charge is 0.483 e. The van der Waals surface area contributed by atoms with Gasteiger partial charge in [-0.15, -0.1) is 0 Å². The lowest BCUT2D eigenvalue weighted by Gasteiger charge is -2.23. The summed E-state index contributed by atoms with van der Waals surface area (Å²) in [7, 11) is 0. The molecular formula is C9H11BF3N2-. The molecule has 2 heterocycles. The zero-order valence-electron chi connectivity index (χ0n) is 8.11. The molecule has 1 aromatic heterocycles. The van der Waals surface area contributed by atoms with E-state index in [1.165, 1.54) is 0 Å². The highest BCUT2D eigenvalue weighted by Crippen LogP contribution is 2.36. The third-order valence-electron chi connectivity index (χ3n) is 2.79. The summed E-state index contributed by atoms with van der Waals surface area (Å²) in [6, 6.07) is 3.48. The van der Waals surface area contributed by atoms with Crippen LogP contribution in [-0.2, 0) is 0 Å². The molecule has 0 bridgehead atoms. The van der Waals surface area contributed by atoms with Crippen LogP contribution < -0.4 is 4.90 Å². The summed E-state index contributed by atoms with van der Waals surface area (Å²) in [4.78, 5) is 5.61. The second-order valence-electron chi connectivity index (χ2n) is 3.83. The fourth-order valence-electron chi connectivity index (χ4n) is 1.89. The Hall–Kier alpha value is -1.20. The smallest absolute Gasteiger partial charge is 0.449 e. The van der Waals surface area contributed by atoms with Gasteiger partial charge in [0.2, 0.25) is 0 Å². The van der Waals surface area contributed by atoms with Crippen LogP contribution in [0, 0.1) is 0 Å². The van der Waals surface area contributed by atoms with Gasteiger partial charge in [0.05, 0.1) is 0 Å². The minimum Gasteiger partial charge on any atom is -0.449 e. The number of nitrogens with zero attached hydrogens (tertiary/aromatic N) is 2. The fourth-order valence-corrected chi connectivity index (χ4v) is 1.89. The van der Waals surface area contributed by atoms with Gasteiger partial charge >= 0.3 is 6.98 Å². The summed E-state index contributed by atoms with van der Waals surface area (Å²) in [6.07, 6.45) is 3.41. The van der Waals surface area contributed by atoms with E-state index in [2.05, 4.69) is 4.98 Å². The van der Waals surface area contributed by atoms with Crippen LogP contribution in [0.15, 0.2) is 24.5 Å². The molecule has 0 aromatic carbocycles. The Morgan fingerprint density at radius 3 is 2.47 bits per heavy atom. The molecule has 1 saturated heterocycles. The molecule has 1 atom stereocenters. The van der Waals surface area contributed by atoms with Crippen LogP contribution in [0.25, 0.3) is 0 Å². The number of anilines is 1. The quantitative estimate of drug-likeness (QED) is 0.704. The first-order chi connectivity index (χ1) is 7.07. The molecule has 6 heteroatoms. The van der Waals surface area contributed by atoms with E-state index >= 15 is 0 Å². The molecule has 0 amide bonds. The third-order valence-corrected chi connectivity index (χ3v) is 2.79. The van der Waals surface area contributed by atoms with Gasteiger partial charge in [-0.2, -0.15) is 0 Å². The van der Waals surface area contributed by atoms with Crippen molar-refractivity contribution in [3.63, 3.8) is 0 Å². The molecule has 0 radical (unpaired) electrons. The van der Waals surface area contributed by atoms with Crippen LogP contribution in [0.5, 0.6) is 0 Å². The van der Waals surface area contributed by atoms with Crippen LogP contribution in [0.1, 0.15) is 6.42 Å². The molecule has 0 aliphatic carbocycles. The Bertz CT molecular complexity index is 328. The van der Waals surface area contributed by atoms with E-state index in [-0.39, 0.29) is 13.0 Å². The molecule has 1 aliphatic rings. The molecule has 1 unspecified atom stereocenters. The molecule has 2 nitrogen and oxygen atoms in total. The minimum atomic E-state index is -4.69. The highest BCUT2D eigenvalue weighted by atomic mass is 19.4. The van der Waals surface area contributed by atoms with E-state index in [4.69, 9.17) is 0 Å². The maximum Gasteiger partial charge on any atom is 0.483 e. The Balaban J connectivity index is 2.05. The highest BCUT2D eigenvalue weighted by molar-refractivity contribution is 6.60. The summed E-state index contributed by atoms with van der Waals surface area (Å²) in [5.74, 6) is -1.13. The number of pyridine rings is 1. The van der Waals surface area contributed by atoms with Gasteiger partial charge in [-0.25, -0.2) is 0 Å². The second kappa shape index (κ2) is 3.75. The van der Waals surface area contributed by atoms with Gasteiger partial charge in [0.15, 0.2) is 0 Å². The number of aromatic nitrogens is 1. The average Bonchev–Trinajstić information content (AvgIpc) is 2.67. The Morgan fingerprint density at radius 1 is 1.27 bits per heavy atom. The number of halogens is 3. The van der Waals surface area contributed by atoms with Crippen molar-refractivity contribution in [1.82, 2.24) is 4.98 Å². The Morgan fingerprint density at radius 2 is 1.93 bits per heavy atom. The zero-order chi connectivity index (χ0) is 10.9. The maximum absolute atomic E-state index is 12.5. The molecule has 0 spiro atoms. The Labute approximate surface area is 86.2 Å². The molecule has 0 N–H and O–H groups in total. The first kappa shape index (κ1) is 10.3. The third kappa shape index (κ3) is 2.24. The first-order valence-corrected chi connectivity index (χ1v) is 4.92.